The summed E-state index contributed by atoms with van der Waals surface area (Å²) < 4.78 is 0. The summed E-state index contributed by atoms with van der Waals surface area (Å²) in [6, 6.07) is 1.57. The molecule has 0 aliphatic heterocycles. The molecule has 0 saturated heterocycles. The second-order valence-electron chi connectivity index (χ2n) is 1.79. The Labute approximate surface area is 67.0 Å². The van der Waals surface area contributed by atoms with Crippen molar-refractivity contribution in [1.29, 1.82) is 0 Å². The van der Waals surface area contributed by atoms with Gasteiger partial charge in [0.1, 0.15) is 5.00 Å². The highest BCUT2D eigenvalue weighted by atomic mass is 32.1. The summed E-state index contributed by atoms with van der Waals surface area (Å²) in [6.45, 7) is 0. The lowest BCUT2D eigenvalue weighted by Crippen LogP contribution is -2.11. The summed E-state index contributed by atoms with van der Waals surface area (Å²) in [5, 5.41) is 4.55. The van der Waals surface area contributed by atoms with Crippen LogP contribution in [0, 0.1) is 0 Å². The van der Waals surface area contributed by atoms with Crippen LogP contribution in [0.25, 0.3) is 0 Å². The van der Waals surface area contributed by atoms with E-state index in [0.717, 1.165) is 0 Å². The monoisotopic (exact) mass is 170 g/mol. The minimum Gasteiger partial charge on any atom is -0.366 e. The molecule has 0 fully saturated rings. The van der Waals surface area contributed by atoms with Gasteiger partial charge < -0.3 is 11.1 Å². The molecule has 1 aromatic heterocycles. The number of amides is 2. The van der Waals surface area contributed by atoms with Gasteiger partial charge in [-0.25, -0.2) is 0 Å². The standard InChI is InChI=1S/C6H6N2O2S/c7-5(10)4-1-2-11-6(4)8-3-9/h1-3H,(H2,7,10)(H,8,9). The Morgan fingerprint density at radius 2 is 2.45 bits per heavy atom. The first-order valence-electron chi connectivity index (χ1n) is 2.83. The Balaban J connectivity index is 2.95. The van der Waals surface area contributed by atoms with E-state index in [0.29, 0.717) is 17.0 Å². The molecular weight excluding hydrogens is 164 g/mol. The number of carbonyl (C=O) groups is 2. The SMILES string of the molecule is NC(=O)c1ccsc1NC=O. The van der Waals surface area contributed by atoms with Crippen molar-refractivity contribution in [2.45, 2.75) is 0 Å². The van der Waals surface area contributed by atoms with E-state index < -0.39 is 5.91 Å². The van der Waals surface area contributed by atoms with Crippen LogP contribution in [0.1, 0.15) is 10.4 Å². The van der Waals surface area contributed by atoms with Gasteiger partial charge in [-0.05, 0) is 11.4 Å². The molecular formula is C6H6N2O2S. The molecule has 1 heterocycles. The van der Waals surface area contributed by atoms with Gasteiger partial charge in [0, 0.05) is 0 Å². The van der Waals surface area contributed by atoms with E-state index in [-0.39, 0.29) is 0 Å². The van der Waals surface area contributed by atoms with E-state index in [1.165, 1.54) is 11.3 Å². The third kappa shape index (κ3) is 1.56. The third-order valence-corrected chi connectivity index (χ3v) is 1.97. The molecule has 11 heavy (non-hydrogen) atoms. The predicted molar refractivity (Wildman–Crippen MR) is 42.5 cm³/mol. The highest BCUT2D eigenvalue weighted by Gasteiger charge is 2.07. The topological polar surface area (TPSA) is 72.2 Å². The van der Waals surface area contributed by atoms with Crippen molar-refractivity contribution >= 4 is 28.7 Å². The lowest BCUT2D eigenvalue weighted by Gasteiger charge is -1.94. The van der Waals surface area contributed by atoms with E-state index in [9.17, 15) is 9.59 Å². The molecule has 0 spiro atoms. The first kappa shape index (κ1) is 7.74. The normalized spacial score (nSPS) is 9.09. The average molecular weight is 170 g/mol. The summed E-state index contributed by atoms with van der Waals surface area (Å²) in [6.07, 6.45) is 0.512. The van der Waals surface area contributed by atoms with Crippen LogP contribution in [0.2, 0.25) is 0 Å². The Kier molecular flexibility index (Phi) is 2.22. The Hall–Kier alpha value is -1.36. The van der Waals surface area contributed by atoms with E-state index in [1.807, 2.05) is 0 Å². The number of nitrogens with two attached hydrogens (primary N) is 1. The quantitative estimate of drug-likeness (QED) is 0.645. The summed E-state index contributed by atoms with van der Waals surface area (Å²) >= 11 is 1.26. The fourth-order valence-electron chi connectivity index (χ4n) is 0.669. The lowest BCUT2D eigenvalue weighted by atomic mass is 10.3. The molecule has 3 N–H and O–H groups in total. The highest BCUT2D eigenvalue weighted by Crippen LogP contribution is 2.21. The molecule has 0 unspecified atom stereocenters. The van der Waals surface area contributed by atoms with Crippen molar-refractivity contribution in [2.75, 3.05) is 5.32 Å². The van der Waals surface area contributed by atoms with Gasteiger partial charge in [0.2, 0.25) is 6.41 Å². The minimum atomic E-state index is -0.532. The van der Waals surface area contributed by atoms with Crippen molar-refractivity contribution in [3.63, 3.8) is 0 Å². The molecule has 1 aromatic rings. The van der Waals surface area contributed by atoms with Crippen molar-refractivity contribution in [1.82, 2.24) is 0 Å². The second-order valence-corrected chi connectivity index (χ2v) is 2.71. The predicted octanol–water partition coefficient (Wildman–Crippen LogP) is 0.415. The van der Waals surface area contributed by atoms with Crippen LogP contribution in [0.3, 0.4) is 0 Å². The maximum atomic E-state index is 10.6. The van der Waals surface area contributed by atoms with Crippen LogP contribution in [0.5, 0.6) is 0 Å². The van der Waals surface area contributed by atoms with Gasteiger partial charge in [0.05, 0.1) is 5.56 Å². The Morgan fingerprint density at radius 3 is 3.00 bits per heavy atom. The number of hydrogen-bond donors (Lipinski definition) is 2. The van der Waals surface area contributed by atoms with Gasteiger partial charge in [0.15, 0.2) is 0 Å². The summed E-state index contributed by atoms with van der Waals surface area (Å²) in [5.41, 5.74) is 5.35. The van der Waals surface area contributed by atoms with Gasteiger partial charge in [-0.2, -0.15) is 0 Å². The van der Waals surface area contributed by atoms with E-state index >= 15 is 0 Å². The van der Waals surface area contributed by atoms with Gasteiger partial charge >= 0.3 is 0 Å². The molecule has 0 aliphatic rings. The largest absolute Gasteiger partial charge is 0.366 e. The molecule has 0 aliphatic carbocycles. The van der Waals surface area contributed by atoms with Crippen LogP contribution in [0.4, 0.5) is 5.00 Å². The van der Waals surface area contributed by atoms with Crippen molar-refractivity contribution in [3.8, 4) is 0 Å². The average Bonchev–Trinajstić information content (AvgIpc) is 2.36. The molecule has 58 valence electrons. The fourth-order valence-corrected chi connectivity index (χ4v) is 1.42. The molecule has 2 amide bonds. The van der Waals surface area contributed by atoms with Gasteiger partial charge in [-0.1, -0.05) is 0 Å². The summed E-state index contributed by atoms with van der Waals surface area (Å²) in [7, 11) is 0. The smallest absolute Gasteiger partial charge is 0.251 e. The minimum absolute atomic E-state index is 0.349. The first-order valence-corrected chi connectivity index (χ1v) is 3.71. The Bertz CT molecular complexity index is 282. The number of rotatable bonds is 3. The zero-order valence-corrected chi connectivity index (χ0v) is 6.35. The maximum absolute atomic E-state index is 10.6. The molecule has 0 radical (unpaired) electrons. The zero-order valence-electron chi connectivity index (χ0n) is 5.53. The van der Waals surface area contributed by atoms with Crippen LogP contribution in [0.15, 0.2) is 11.4 Å². The number of anilines is 1. The number of hydrogen-bond acceptors (Lipinski definition) is 3. The number of carbonyl (C=O) groups excluding carboxylic acids is 2. The fraction of sp³-hybridized carbons (Fsp3) is 0. The van der Waals surface area contributed by atoms with Gasteiger partial charge in [0.25, 0.3) is 5.91 Å². The van der Waals surface area contributed by atoms with Crippen LogP contribution >= 0.6 is 11.3 Å². The van der Waals surface area contributed by atoms with Crippen molar-refractivity contribution in [2.24, 2.45) is 5.73 Å². The molecule has 0 bridgehead atoms. The van der Waals surface area contributed by atoms with Gasteiger partial charge in [-0.3, -0.25) is 9.59 Å². The Morgan fingerprint density at radius 1 is 1.73 bits per heavy atom. The number of primary amides is 1. The zero-order chi connectivity index (χ0) is 8.27. The molecule has 0 atom stereocenters. The molecule has 5 heteroatoms. The summed E-state index contributed by atoms with van der Waals surface area (Å²) in [4.78, 5) is 20.6. The molecule has 1 rings (SSSR count). The van der Waals surface area contributed by atoms with Crippen molar-refractivity contribution in [3.05, 3.63) is 17.0 Å². The lowest BCUT2D eigenvalue weighted by molar-refractivity contribution is -0.105. The maximum Gasteiger partial charge on any atom is 0.251 e. The molecule has 0 saturated carbocycles. The number of thiophene rings is 1. The number of nitrogens with one attached hydrogen (secondary N) is 1. The second kappa shape index (κ2) is 3.16. The highest BCUT2D eigenvalue weighted by molar-refractivity contribution is 7.14. The first-order chi connectivity index (χ1) is 5.25. The van der Waals surface area contributed by atoms with Crippen LogP contribution in [-0.4, -0.2) is 12.3 Å². The van der Waals surface area contributed by atoms with E-state index in [2.05, 4.69) is 5.32 Å². The van der Waals surface area contributed by atoms with E-state index in [1.54, 1.807) is 11.4 Å². The van der Waals surface area contributed by atoms with Crippen LogP contribution < -0.4 is 11.1 Å². The molecule has 0 aromatic carbocycles. The van der Waals surface area contributed by atoms with Crippen molar-refractivity contribution < 1.29 is 9.59 Å². The van der Waals surface area contributed by atoms with Gasteiger partial charge in [-0.15, -0.1) is 11.3 Å². The summed E-state index contributed by atoms with van der Waals surface area (Å²) in [5.74, 6) is -0.532. The third-order valence-electron chi connectivity index (χ3n) is 1.12. The molecule has 4 nitrogen and oxygen atoms in total. The van der Waals surface area contributed by atoms with E-state index in [4.69, 9.17) is 5.73 Å². The van der Waals surface area contributed by atoms with Crippen LogP contribution in [-0.2, 0) is 4.79 Å².